The fraction of sp³-hybridized carbons (Fsp3) is 0.200. The summed E-state index contributed by atoms with van der Waals surface area (Å²) < 4.78 is 0. The van der Waals surface area contributed by atoms with Gasteiger partial charge in [0.05, 0.1) is 11.4 Å². The van der Waals surface area contributed by atoms with E-state index in [0.29, 0.717) is 23.9 Å². The third-order valence-corrected chi connectivity index (χ3v) is 3.51. The van der Waals surface area contributed by atoms with Crippen molar-refractivity contribution >= 4 is 29.0 Å². The maximum atomic E-state index is 11.8. The van der Waals surface area contributed by atoms with Gasteiger partial charge in [0, 0.05) is 23.6 Å². The van der Waals surface area contributed by atoms with Crippen LogP contribution in [0.2, 0.25) is 0 Å². The van der Waals surface area contributed by atoms with Gasteiger partial charge >= 0.3 is 0 Å². The van der Waals surface area contributed by atoms with Crippen LogP contribution in [0.4, 0.5) is 0 Å². The Hall–Kier alpha value is -2.56. The van der Waals surface area contributed by atoms with Crippen LogP contribution in [0.25, 0.3) is 10.9 Å². The molecular formula is C15H12N2O3. The third-order valence-electron chi connectivity index (χ3n) is 3.51. The minimum atomic E-state index is -0.338. The summed E-state index contributed by atoms with van der Waals surface area (Å²) in [5.41, 5.74) is 2.07. The Morgan fingerprint density at radius 3 is 2.85 bits per heavy atom. The van der Waals surface area contributed by atoms with Crippen molar-refractivity contribution in [2.45, 2.75) is 18.8 Å². The number of nitrogens with one attached hydrogen (secondary N) is 1. The van der Waals surface area contributed by atoms with Crippen molar-refractivity contribution in [1.82, 2.24) is 10.3 Å². The molecule has 2 amide bonds. The number of fused-ring (bicyclic) bond motifs is 1. The van der Waals surface area contributed by atoms with Crippen molar-refractivity contribution in [2.24, 2.45) is 0 Å². The van der Waals surface area contributed by atoms with E-state index in [0.717, 1.165) is 17.2 Å². The molecule has 0 spiro atoms. The number of rotatable bonds is 2. The molecule has 1 fully saturated rings. The molecule has 0 radical (unpaired) electrons. The summed E-state index contributed by atoms with van der Waals surface area (Å²) in [6.45, 7) is 0. The summed E-state index contributed by atoms with van der Waals surface area (Å²) in [7, 11) is 0. The monoisotopic (exact) mass is 268 g/mol. The number of piperidine rings is 1. The first-order valence-electron chi connectivity index (χ1n) is 6.36. The van der Waals surface area contributed by atoms with Gasteiger partial charge in [0.2, 0.25) is 11.8 Å². The SMILES string of the molecule is O=Cc1ccc2cc(C3CCC(=O)NC3=O)cnc2c1. The summed E-state index contributed by atoms with van der Waals surface area (Å²) >= 11 is 0. The Labute approximate surface area is 115 Å². The Morgan fingerprint density at radius 1 is 1.25 bits per heavy atom. The van der Waals surface area contributed by atoms with E-state index in [1.165, 1.54) is 0 Å². The molecular weight excluding hydrogens is 256 g/mol. The molecule has 5 nitrogen and oxygen atoms in total. The van der Waals surface area contributed by atoms with Crippen molar-refractivity contribution in [2.75, 3.05) is 0 Å². The minimum Gasteiger partial charge on any atom is -0.298 e. The number of hydrogen-bond acceptors (Lipinski definition) is 4. The van der Waals surface area contributed by atoms with E-state index in [1.807, 2.05) is 6.07 Å². The van der Waals surface area contributed by atoms with Crippen LogP contribution in [0.1, 0.15) is 34.7 Å². The maximum absolute atomic E-state index is 11.8. The molecule has 100 valence electrons. The fourth-order valence-electron chi connectivity index (χ4n) is 2.43. The lowest BCUT2D eigenvalue weighted by molar-refractivity contribution is -0.134. The van der Waals surface area contributed by atoms with Gasteiger partial charge in [-0.15, -0.1) is 0 Å². The number of carbonyl (C=O) groups is 3. The van der Waals surface area contributed by atoms with E-state index in [1.54, 1.807) is 24.4 Å². The molecule has 1 atom stereocenters. The zero-order valence-electron chi connectivity index (χ0n) is 10.6. The molecule has 0 aliphatic carbocycles. The van der Waals surface area contributed by atoms with Crippen molar-refractivity contribution in [3.63, 3.8) is 0 Å². The molecule has 0 saturated carbocycles. The van der Waals surface area contributed by atoms with Crippen LogP contribution in [-0.4, -0.2) is 23.1 Å². The molecule has 20 heavy (non-hydrogen) atoms. The standard InChI is InChI=1S/C15H12N2O3/c18-8-9-1-2-10-6-11(7-16-13(10)5-9)12-3-4-14(19)17-15(12)20/h1-2,5-8,12H,3-4H2,(H,17,19,20). The normalized spacial score (nSPS) is 18.9. The van der Waals surface area contributed by atoms with Gasteiger partial charge in [0.25, 0.3) is 0 Å². The number of imide groups is 1. The van der Waals surface area contributed by atoms with Crippen molar-refractivity contribution in [1.29, 1.82) is 0 Å². The van der Waals surface area contributed by atoms with Crippen LogP contribution < -0.4 is 5.32 Å². The van der Waals surface area contributed by atoms with Crippen LogP contribution in [0.15, 0.2) is 30.5 Å². The summed E-state index contributed by atoms with van der Waals surface area (Å²) in [5, 5.41) is 3.22. The Balaban J connectivity index is 1.98. The van der Waals surface area contributed by atoms with Gasteiger partial charge in [-0.1, -0.05) is 12.1 Å². The number of aromatic nitrogens is 1. The van der Waals surface area contributed by atoms with Crippen molar-refractivity contribution in [3.05, 3.63) is 41.6 Å². The molecule has 1 aliphatic rings. The predicted octanol–water partition coefficient (Wildman–Crippen LogP) is 1.57. The van der Waals surface area contributed by atoms with Crippen molar-refractivity contribution < 1.29 is 14.4 Å². The van der Waals surface area contributed by atoms with E-state index in [2.05, 4.69) is 10.3 Å². The molecule has 0 bridgehead atoms. The molecule has 5 heteroatoms. The summed E-state index contributed by atoms with van der Waals surface area (Å²) in [6.07, 6.45) is 3.26. The quantitative estimate of drug-likeness (QED) is 0.662. The van der Waals surface area contributed by atoms with Gasteiger partial charge in [-0.05, 0) is 24.1 Å². The average Bonchev–Trinajstić information content (AvgIpc) is 2.46. The second-order valence-electron chi connectivity index (χ2n) is 4.84. The van der Waals surface area contributed by atoms with Gasteiger partial charge in [-0.2, -0.15) is 0 Å². The van der Waals surface area contributed by atoms with Gasteiger partial charge in [-0.25, -0.2) is 0 Å². The highest BCUT2D eigenvalue weighted by Gasteiger charge is 2.28. The number of nitrogens with zero attached hydrogens (tertiary/aromatic N) is 1. The first-order chi connectivity index (χ1) is 9.67. The van der Waals surface area contributed by atoms with E-state index < -0.39 is 0 Å². The van der Waals surface area contributed by atoms with Gasteiger partial charge < -0.3 is 0 Å². The first kappa shape index (κ1) is 12.5. The van der Waals surface area contributed by atoms with Crippen LogP contribution in [0.3, 0.4) is 0 Å². The largest absolute Gasteiger partial charge is 0.298 e. The number of amides is 2. The minimum absolute atomic E-state index is 0.226. The van der Waals surface area contributed by atoms with Gasteiger partial charge in [-0.3, -0.25) is 24.7 Å². The van der Waals surface area contributed by atoms with Crippen LogP contribution in [0.5, 0.6) is 0 Å². The number of carbonyl (C=O) groups excluding carboxylic acids is 3. The molecule has 2 heterocycles. The van der Waals surface area contributed by atoms with E-state index >= 15 is 0 Å². The molecule has 3 rings (SSSR count). The fourth-order valence-corrected chi connectivity index (χ4v) is 2.43. The Kier molecular flexibility index (Phi) is 3.02. The van der Waals surface area contributed by atoms with Crippen LogP contribution in [-0.2, 0) is 9.59 Å². The average molecular weight is 268 g/mol. The van der Waals surface area contributed by atoms with Crippen LogP contribution >= 0.6 is 0 Å². The number of benzene rings is 1. The van der Waals surface area contributed by atoms with Crippen molar-refractivity contribution in [3.8, 4) is 0 Å². The molecule has 1 aromatic heterocycles. The molecule has 1 saturated heterocycles. The van der Waals surface area contributed by atoms with E-state index in [4.69, 9.17) is 0 Å². The molecule has 2 aromatic rings. The second kappa shape index (κ2) is 4.85. The Morgan fingerprint density at radius 2 is 2.10 bits per heavy atom. The number of aldehydes is 1. The van der Waals surface area contributed by atoms with Crippen LogP contribution in [0, 0.1) is 0 Å². The lowest BCUT2D eigenvalue weighted by atomic mass is 9.91. The Bertz CT molecular complexity index is 724. The highest BCUT2D eigenvalue weighted by atomic mass is 16.2. The summed E-state index contributed by atoms with van der Waals surface area (Å²) in [4.78, 5) is 38.0. The maximum Gasteiger partial charge on any atom is 0.234 e. The highest BCUT2D eigenvalue weighted by molar-refractivity contribution is 6.01. The van der Waals surface area contributed by atoms with Gasteiger partial charge in [0.1, 0.15) is 6.29 Å². The predicted molar refractivity (Wildman–Crippen MR) is 72.3 cm³/mol. The molecule has 1 aromatic carbocycles. The summed E-state index contributed by atoms with van der Waals surface area (Å²) in [6, 6.07) is 7.11. The van der Waals surface area contributed by atoms with E-state index in [9.17, 15) is 14.4 Å². The third kappa shape index (κ3) is 2.18. The topological polar surface area (TPSA) is 76.1 Å². The molecule has 1 aliphatic heterocycles. The lowest BCUT2D eigenvalue weighted by Gasteiger charge is -2.21. The smallest absolute Gasteiger partial charge is 0.234 e. The summed E-state index contributed by atoms with van der Waals surface area (Å²) in [5.74, 6) is -0.835. The number of hydrogen-bond donors (Lipinski definition) is 1. The number of pyridine rings is 1. The van der Waals surface area contributed by atoms with Gasteiger partial charge in [0.15, 0.2) is 0 Å². The first-order valence-corrected chi connectivity index (χ1v) is 6.36. The molecule has 1 N–H and O–H groups in total. The zero-order valence-corrected chi connectivity index (χ0v) is 10.6. The lowest BCUT2D eigenvalue weighted by Crippen LogP contribution is -2.39. The zero-order chi connectivity index (χ0) is 14.1. The van der Waals surface area contributed by atoms with E-state index in [-0.39, 0.29) is 17.7 Å². The highest BCUT2D eigenvalue weighted by Crippen LogP contribution is 2.26. The second-order valence-corrected chi connectivity index (χ2v) is 4.84. The molecule has 1 unspecified atom stereocenters.